The first-order chi connectivity index (χ1) is 22.7. The van der Waals surface area contributed by atoms with Crippen molar-refractivity contribution in [2.75, 3.05) is 0 Å². The second-order valence-corrected chi connectivity index (χ2v) is 11.9. The molecule has 3 heteroatoms. The normalized spacial score (nSPS) is 12.2. The molecule has 46 heavy (non-hydrogen) atoms. The van der Waals surface area contributed by atoms with Crippen LogP contribution >= 0.6 is 0 Å². The quantitative estimate of drug-likeness (QED) is 0.190. The Hall–Kier alpha value is -6.06. The number of hydrogen-bond donors (Lipinski definition) is 0. The molecule has 6 aromatic carbocycles. The van der Waals surface area contributed by atoms with Crippen LogP contribution in [0.3, 0.4) is 0 Å². The van der Waals surface area contributed by atoms with E-state index in [-0.39, 0.29) is 0 Å². The highest BCUT2D eigenvalue weighted by atomic mass is 15.1. The van der Waals surface area contributed by atoms with Crippen LogP contribution in [0.2, 0.25) is 0 Å². The summed E-state index contributed by atoms with van der Waals surface area (Å²) in [6.45, 7) is 6.54. The van der Waals surface area contributed by atoms with Gasteiger partial charge in [-0.2, -0.15) is 0 Å². The number of nitrogens with zero attached hydrogens (tertiary/aromatic N) is 3. The van der Waals surface area contributed by atoms with Gasteiger partial charge in [0.15, 0.2) is 0 Å². The molecule has 0 aliphatic rings. The molecule has 3 nitrogen and oxygen atoms in total. The van der Waals surface area contributed by atoms with Gasteiger partial charge in [-0.15, -0.1) is 0 Å². The predicted molar refractivity (Wildman–Crippen MR) is 197 cm³/mol. The molecule has 0 fully saturated rings. The lowest BCUT2D eigenvalue weighted by Crippen LogP contribution is -2.03. The molecule has 0 saturated carbocycles. The maximum atomic E-state index is 4.33. The molecule has 0 spiro atoms. The fourth-order valence-electron chi connectivity index (χ4n) is 7.49. The fourth-order valence-corrected chi connectivity index (χ4v) is 7.49. The number of rotatable bonds is 5. The van der Waals surface area contributed by atoms with Gasteiger partial charge in [-0.3, -0.25) is 0 Å². The van der Waals surface area contributed by atoms with Crippen LogP contribution in [0.4, 0.5) is 0 Å². The maximum Gasteiger partial charge on any atom is 0.0782 e. The highest BCUT2D eigenvalue weighted by molar-refractivity contribution is 6.13. The van der Waals surface area contributed by atoms with Crippen LogP contribution in [-0.2, 0) is 0 Å². The van der Waals surface area contributed by atoms with Crippen molar-refractivity contribution in [3.63, 3.8) is 0 Å². The molecule has 0 bridgehead atoms. The van der Waals surface area contributed by atoms with E-state index >= 15 is 0 Å². The monoisotopic (exact) mass is 589 g/mol. The van der Waals surface area contributed by atoms with Crippen molar-refractivity contribution in [2.45, 2.75) is 6.92 Å². The van der Waals surface area contributed by atoms with Crippen LogP contribution in [0.25, 0.3) is 83.7 Å². The first kappa shape index (κ1) is 26.4. The molecule has 0 aliphatic carbocycles. The number of benzene rings is 6. The summed E-state index contributed by atoms with van der Waals surface area (Å²) < 4.78 is 7.24. The Bertz CT molecular complexity index is 2610. The minimum absolute atomic E-state index is 1.10. The van der Waals surface area contributed by atoms with Crippen molar-refractivity contribution in [1.29, 1.82) is 0 Å². The highest BCUT2D eigenvalue weighted by Crippen LogP contribution is 2.40. The van der Waals surface area contributed by atoms with Gasteiger partial charge in [0, 0.05) is 43.9 Å². The van der Waals surface area contributed by atoms with Crippen molar-refractivity contribution < 1.29 is 0 Å². The molecule has 0 aliphatic heterocycles. The molecular formula is C43H31N3. The minimum Gasteiger partial charge on any atom is -0.313 e. The Morgan fingerprint density at radius 1 is 0.500 bits per heavy atom. The Morgan fingerprint density at radius 3 is 1.63 bits per heavy atom. The zero-order valence-corrected chi connectivity index (χ0v) is 25.6. The molecule has 9 rings (SSSR count). The van der Waals surface area contributed by atoms with Crippen LogP contribution in [0, 0.1) is 0 Å². The minimum atomic E-state index is 1.10. The van der Waals surface area contributed by atoms with Crippen molar-refractivity contribution in [3.05, 3.63) is 163 Å². The lowest BCUT2D eigenvalue weighted by atomic mass is 10.1. The summed E-state index contributed by atoms with van der Waals surface area (Å²) in [5.74, 6) is 0. The van der Waals surface area contributed by atoms with E-state index in [1.54, 1.807) is 0 Å². The topological polar surface area (TPSA) is 14.8 Å². The lowest BCUT2D eigenvalue weighted by Gasteiger charge is -2.16. The number of allylic oxidation sites excluding steroid dienone is 1. The fraction of sp³-hybridized carbons (Fsp3) is 0.0233. The maximum absolute atomic E-state index is 4.33. The molecule has 0 atom stereocenters. The predicted octanol–water partition coefficient (Wildman–Crippen LogP) is 11.5. The van der Waals surface area contributed by atoms with Gasteiger partial charge in [0.25, 0.3) is 0 Å². The number of aromatic nitrogens is 3. The lowest BCUT2D eigenvalue weighted by molar-refractivity contribution is 1.08. The SMILES string of the molecule is C=Cc1c(/C=C(\C)n2c3ccccc3c3ccccc32)n(-c2cccc3c4ccccc4n(-c4ccccc4)c23)c2ccccc12. The van der Waals surface area contributed by atoms with E-state index in [0.717, 1.165) is 33.8 Å². The highest BCUT2D eigenvalue weighted by Gasteiger charge is 2.22. The standard InChI is InChI=1S/C43H31N3/c1-3-31-32-18-7-14-26-40(32)46(42(31)28-29(2)44-37-23-11-8-19-33(37)34-20-9-12-24-38(34)44)41-27-15-22-36-35-21-10-13-25-39(35)45(43(36)41)30-16-5-4-6-17-30/h3-28H,1H2,2H3/b29-28+. The summed E-state index contributed by atoms with van der Waals surface area (Å²) in [4.78, 5) is 0. The Balaban J connectivity index is 1.41. The number of fused-ring (bicyclic) bond motifs is 7. The molecule has 9 aromatic rings. The average Bonchev–Trinajstić information content (AvgIpc) is 3.74. The van der Waals surface area contributed by atoms with E-state index in [4.69, 9.17) is 0 Å². The third kappa shape index (κ3) is 3.72. The van der Waals surface area contributed by atoms with E-state index in [1.165, 1.54) is 49.0 Å². The smallest absolute Gasteiger partial charge is 0.0782 e. The van der Waals surface area contributed by atoms with Gasteiger partial charge >= 0.3 is 0 Å². The number of para-hydroxylation sites is 6. The van der Waals surface area contributed by atoms with Gasteiger partial charge in [-0.1, -0.05) is 116 Å². The third-order valence-electron chi connectivity index (χ3n) is 9.36. The Morgan fingerprint density at radius 2 is 1.00 bits per heavy atom. The van der Waals surface area contributed by atoms with Crippen molar-refractivity contribution in [1.82, 2.24) is 13.7 Å². The van der Waals surface area contributed by atoms with E-state index in [2.05, 4.69) is 179 Å². The van der Waals surface area contributed by atoms with Gasteiger partial charge in [-0.05, 0) is 55.5 Å². The second-order valence-electron chi connectivity index (χ2n) is 11.9. The molecular weight excluding hydrogens is 558 g/mol. The first-order valence-electron chi connectivity index (χ1n) is 15.8. The van der Waals surface area contributed by atoms with Gasteiger partial charge in [-0.25, -0.2) is 0 Å². The van der Waals surface area contributed by atoms with E-state index in [9.17, 15) is 0 Å². The summed E-state index contributed by atoms with van der Waals surface area (Å²) in [6.07, 6.45) is 4.35. The Labute approximate surface area is 267 Å². The van der Waals surface area contributed by atoms with E-state index in [1.807, 2.05) is 6.08 Å². The summed E-state index contributed by atoms with van der Waals surface area (Å²) in [5, 5.41) is 6.16. The molecule has 0 amide bonds. The molecule has 218 valence electrons. The van der Waals surface area contributed by atoms with Crippen molar-refractivity contribution in [3.8, 4) is 11.4 Å². The molecule has 0 unspecified atom stereocenters. The van der Waals surface area contributed by atoms with Crippen LogP contribution in [-0.4, -0.2) is 13.7 Å². The molecule has 0 radical (unpaired) electrons. The Kier molecular flexibility index (Phi) is 5.87. The molecule has 0 saturated heterocycles. The van der Waals surface area contributed by atoms with Gasteiger partial charge in [0.2, 0.25) is 0 Å². The molecule has 3 heterocycles. The number of hydrogen-bond acceptors (Lipinski definition) is 0. The first-order valence-corrected chi connectivity index (χ1v) is 15.8. The van der Waals surface area contributed by atoms with Gasteiger partial charge in [0.05, 0.1) is 39.0 Å². The largest absolute Gasteiger partial charge is 0.313 e. The third-order valence-corrected chi connectivity index (χ3v) is 9.36. The van der Waals surface area contributed by atoms with Crippen molar-refractivity contribution in [2.24, 2.45) is 0 Å². The zero-order valence-electron chi connectivity index (χ0n) is 25.6. The van der Waals surface area contributed by atoms with Crippen LogP contribution in [0.5, 0.6) is 0 Å². The zero-order chi connectivity index (χ0) is 30.8. The van der Waals surface area contributed by atoms with Crippen molar-refractivity contribution >= 4 is 72.4 Å². The van der Waals surface area contributed by atoms with Crippen LogP contribution in [0.15, 0.2) is 152 Å². The van der Waals surface area contributed by atoms with Gasteiger partial charge in [0.1, 0.15) is 0 Å². The summed E-state index contributed by atoms with van der Waals surface area (Å²) in [6, 6.07) is 52.2. The second kappa shape index (κ2) is 10.3. The molecule has 3 aromatic heterocycles. The van der Waals surface area contributed by atoms with E-state index < -0.39 is 0 Å². The summed E-state index contributed by atoms with van der Waals surface area (Å²) in [5.41, 5.74) is 11.5. The average molecular weight is 590 g/mol. The summed E-state index contributed by atoms with van der Waals surface area (Å²) >= 11 is 0. The van der Waals surface area contributed by atoms with Crippen LogP contribution < -0.4 is 0 Å². The van der Waals surface area contributed by atoms with Crippen LogP contribution in [0.1, 0.15) is 18.2 Å². The summed E-state index contributed by atoms with van der Waals surface area (Å²) in [7, 11) is 0. The van der Waals surface area contributed by atoms with Gasteiger partial charge < -0.3 is 13.7 Å². The molecule has 0 N–H and O–H groups in total. The van der Waals surface area contributed by atoms with E-state index in [0.29, 0.717) is 0 Å².